The van der Waals surface area contributed by atoms with E-state index in [1.807, 2.05) is 49.4 Å². The molecule has 7 heteroatoms. The standard InChI is InChI=1S/C34H35N3O3S/c1-26-14-16-29(17-15-26)34(38)37-20-8-13-30-25-31(18-19-32(30)37)41(39,40)36-23-21-35(22-24-36)33(27-9-4-2-5-10-27)28-11-6-3-7-12-28/h2-7,9-12,14-19,25,33H,8,13,20-24H2,1H3. The van der Waals surface area contributed by atoms with Gasteiger partial charge >= 0.3 is 0 Å². The van der Waals surface area contributed by atoms with Crippen LogP contribution in [0.5, 0.6) is 0 Å². The number of carbonyl (C=O) groups is 1. The second kappa shape index (κ2) is 11.6. The van der Waals surface area contributed by atoms with Crippen LogP contribution < -0.4 is 4.90 Å². The molecule has 1 fully saturated rings. The van der Waals surface area contributed by atoms with Gasteiger partial charge in [-0.2, -0.15) is 4.31 Å². The molecule has 6 rings (SSSR count). The highest BCUT2D eigenvalue weighted by molar-refractivity contribution is 7.89. The summed E-state index contributed by atoms with van der Waals surface area (Å²) < 4.78 is 29.2. The van der Waals surface area contributed by atoms with Crippen molar-refractivity contribution in [2.24, 2.45) is 0 Å². The minimum atomic E-state index is -3.67. The van der Waals surface area contributed by atoms with Gasteiger partial charge in [-0.15, -0.1) is 0 Å². The van der Waals surface area contributed by atoms with Crippen LogP contribution in [0.3, 0.4) is 0 Å². The molecular formula is C34H35N3O3S. The number of hydrogen-bond donors (Lipinski definition) is 0. The molecule has 0 N–H and O–H groups in total. The maximum absolute atomic E-state index is 13.8. The second-order valence-electron chi connectivity index (χ2n) is 10.9. The molecule has 0 radical (unpaired) electrons. The highest BCUT2D eigenvalue weighted by Crippen LogP contribution is 2.33. The van der Waals surface area contributed by atoms with Crippen LogP contribution in [0.1, 0.15) is 45.1 Å². The molecule has 4 aromatic rings. The summed E-state index contributed by atoms with van der Waals surface area (Å²) in [5, 5.41) is 0. The first-order chi connectivity index (χ1) is 19.9. The Morgan fingerprint density at radius 1 is 0.732 bits per heavy atom. The number of aryl methyl sites for hydroxylation is 2. The molecule has 2 aliphatic heterocycles. The molecule has 0 bridgehead atoms. The summed E-state index contributed by atoms with van der Waals surface area (Å²) in [7, 11) is -3.67. The number of rotatable bonds is 6. The number of hydrogen-bond acceptors (Lipinski definition) is 4. The molecule has 0 aromatic heterocycles. The highest BCUT2D eigenvalue weighted by Gasteiger charge is 2.33. The number of amides is 1. The molecule has 4 aromatic carbocycles. The van der Waals surface area contributed by atoms with Crippen LogP contribution >= 0.6 is 0 Å². The van der Waals surface area contributed by atoms with Crippen molar-refractivity contribution in [1.29, 1.82) is 0 Å². The van der Waals surface area contributed by atoms with E-state index in [1.165, 1.54) is 11.1 Å². The molecule has 2 heterocycles. The Bertz CT molecular complexity index is 1580. The van der Waals surface area contributed by atoms with Gasteiger partial charge in [-0.25, -0.2) is 8.42 Å². The summed E-state index contributed by atoms with van der Waals surface area (Å²) in [5.41, 5.74) is 5.86. The van der Waals surface area contributed by atoms with Crippen molar-refractivity contribution >= 4 is 21.6 Å². The first-order valence-corrected chi connectivity index (χ1v) is 15.7. The fraction of sp³-hybridized carbons (Fsp3) is 0.265. The summed E-state index contributed by atoms with van der Waals surface area (Å²) in [4.78, 5) is 17.7. The molecule has 0 atom stereocenters. The Balaban J connectivity index is 1.20. The Morgan fingerprint density at radius 2 is 1.34 bits per heavy atom. The van der Waals surface area contributed by atoms with Crippen LogP contribution in [0.2, 0.25) is 0 Å². The summed E-state index contributed by atoms with van der Waals surface area (Å²) in [6.07, 6.45) is 1.55. The average Bonchev–Trinajstić information content (AvgIpc) is 3.02. The molecular weight excluding hydrogens is 530 g/mol. The maximum Gasteiger partial charge on any atom is 0.258 e. The number of carbonyl (C=O) groups excluding carboxylic acids is 1. The maximum atomic E-state index is 13.8. The van der Waals surface area contributed by atoms with E-state index in [2.05, 4.69) is 53.4 Å². The van der Waals surface area contributed by atoms with Crippen LogP contribution in [0.4, 0.5) is 5.69 Å². The zero-order valence-corrected chi connectivity index (χ0v) is 24.1. The molecule has 41 heavy (non-hydrogen) atoms. The lowest BCUT2D eigenvalue weighted by molar-refractivity contribution is 0.0985. The number of nitrogens with zero attached hydrogens (tertiary/aromatic N) is 3. The van der Waals surface area contributed by atoms with E-state index in [0.717, 1.165) is 29.7 Å². The third kappa shape index (κ3) is 5.58. The van der Waals surface area contributed by atoms with Crippen molar-refractivity contribution in [3.8, 4) is 0 Å². The summed E-state index contributed by atoms with van der Waals surface area (Å²) >= 11 is 0. The van der Waals surface area contributed by atoms with Gasteiger partial charge in [0.1, 0.15) is 0 Å². The van der Waals surface area contributed by atoms with Gasteiger partial charge in [0.15, 0.2) is 0 Å². The minimum absolute atomic E-state index is 0.0518. The van der Waals surface area contributed by atoms with Crippen LogP contribution in [0, 0.1) is 6.92 Å². The number of anilines is 1. The van der Waals surface area contributed by atoms with Gasteiger partial charge in [0.2, 0.25) is 10.0 Å². The monoisotopic (exact) mass is 565 g/mol. The normalized spacial score (nSPS) is 16.5. The zero-order chi connectivity index (χ0) is 28.4. The molecule has 6 nitrogen and oxygen atoms in total. The van der Waals surface area contributed by atoms with Gasteiger partial charge in [0, 0.05) is 44.0 Å². The van der Waals surface area contributed by atoms with Gasteiger partial charge in [-0.3, -0.25) is 9.69 Å². The van der Waals surface area contributed by atoms with Crippen LogP contribution in [0.15, 0.2) is 108 Å². The number of piperazine rings is 1. The van der Waals surface area contributed by atoms with Crippen molar-refractivity contribution in [1.82, 2.24) is 9.21 Å². The third-order valence-corrected chi connectivity index (χ3v) is 10.1. The number of benzene rings is 4. The second-order valence-corrected chi connectivity index (χ2v) is 12.8. The van der Waals surface area contributed by atoms with E-state index < -0.39 is 10.0 Å². The molecule has 210 valence electrons. The van der Waals surface area contributed by atoms with E-state index in [-0.39, 0.29) is 11.9 Å². The topological polar surface area (TPSA) is 60.9 Å². The quantitative estimate of drug-likeness (QED) is 0.302. The fourth-order valence-corrected chi connectivity index (χ4v) is 7.51. The summed E-state index contributed by atoms with van der Waals surface area (Å²) in [5.74, 6) is -0.0518. The van der Waals surface area contributed by atoms with Gasteiger partial charge in [0.25, 0.3) is 5.91 Å². The number of fused-ring (bicyclic) bond motifs is 1. The van der Waals surface area contributed by atoms with Crippen LogP contribution in [-0.2, 0) is 16.4 Å². The molecule has 0 aliphatic carbocycles. The highest BCUT2D eigenvalue weighted by atomic mass is 32.2. The lowest BCUT2D eigenvalue weighted by Crippen LogP contribution is -2.49. The van der Waals surface area contributed by atoms with Crippen molar-refractivity contribution in [3.63, 3.8) is 0 Å². The SMILES string of the molecule is Cc1ccc(C(=O)N2CCCc3cc(S(=O)(=O)N4CCN(C(c5ccccc5)c5ccccc5)CC4)ccc32)cc1. The average molecular weight is 566 g/mol. The molecule has 1 saturated heterocycles. The Hall–Kier alpha value is -3.78. The lowest BCUT2D eigenvalue weighted by Gasteiger charge is -2.39. The van der Waals surface area contributed by atoms with Crippen molar-refractivity contribution < 1.29 is 13.2 Å². The van der Waals surface area contributed by atoms with Gasteiger partial charge < -0.3 is 4.90 Å². The zero-order valence-electron chi connectivity index (χ0n) is 23.3. The summed E-state index contributed by atoms with van der Waals surface area (Å²) in [6, 6.07) is 33.7. The van der Waals surface area contributed by atoms with Crippen LogP contribution in [-0.4, -0.2) is 56.3 Å². The van der Waals surface area contributed by atoms with Crippen molar-refractivity contribution in [3.05, 3.63) is 131 Å². The van der Waals surface area contributed by atoms with E-state index in [0.29, 0.717) is 43.2 Å². The molecule has 0 unspecified atom stereocenters. The predicted molar refractivity (Wildman–Crippen MR) is 163 cm³/mol. The Kier molecular flexibility index (Phi) is 7.75. The van der Waals surface area contributed by atoms with E-state index in [9.17, 15) is 13.2 Å². The predicted octanol–water partition coefficient (Wildman–Crippen LogP) is 5.68. The van der Waals surface area contributed by atoms with Gasteiger partial charge in [-0.05, 0) is 66.8 Å². The van der Waals surface area contributed by atoms with Crippen LogP contribution in [0.25, 0.3) is 0 Å². The first kappa shape index (κ1) is 27.4. The third-order valence-electron chi connectivity index (χ3n) is 8.22. The molecule has 0 saturated carbocycles. The Morgan fingerprint density at radius 3 is 1.95 bits per heavy atom. The van der Waals surface area contributed by atoms with E-state index >= 15 is 0 Å². The van der Waals surface area contributed by atoms with Crippen molar-refractivity contribution in [2.45, 2.75) is 30.7 Å². The Labute approximate surface area is 242 Å². The first-order valence-electron chi connectivity index (χ1n) is 14.3. The largest absolute Gasteiger partial charge is 0.308 e. The van der Waals surface area contributed by atoms with E-state index in [1.54, 1.807) is 21.3 Å². The number of sulfonamides is 1. The molecule has 1 amide bonds. The van der Waals surface area contributed by atoms with E-state index in [4.69, 9.17) is 0 Å². The fourth-order valence-electron chi connectivity index (χ4n) is 6.03. The smallest absolute Gasteiger partial charge is 0.258 e. The minimum Gasteiger partial charge on any atom is -0.308 e. The van der Waals surface area contributed by atoms with Gasteiger partial charge in [0.05, 0.1) is 10.9 Å². The van der Waals surface area contributed by atoms with Crippen molar-refractivity contribution in [2.75, 3.05) is 37.6 Å². The lowest BCUT2D eigenvalue weighted by atomic mass is 9.96. The molecule has 0 spiro atoms. The van der Waals surface area contributed by atoms with Gasteiger partial charge in [-0.1, -0.05) is 78.4 Å². The summed E-state index contributed by atoms with van der Waals surface area (Å²) in [6.45, 7) is 4.74. The molecule has 2 aliphatic rings.